The highest BCUT2D eigenvalue weighted by molar-refractivity contribution is 6.07. The maximum atomic E-state index is 13.9. The van der Waals surface area contributed by atoms with Crippen molar-refractivity contribution in [1.82, 2.24) is 0 Å². The number of methoxy groups -OCH3 is 1. The van der Waals surface area contributed by atoms with Gasteiger partial charge in [-0.3, -0.25) is 4.79 Å². The second-order valence-corrected chi connectivity index (χ2v) is 4.44. The maximum Gasteiger partial charge on any atom is 0.259 e. The van der Waals surface area contributed by atoms with Crippen LogP contribution in [0.2, 0.25) is 0 Å². The highest BCUT2D eigenvalue weighted by atomic mass is 19.1. The molecule has 110 valence electrons. The van der Waals surface area contributed by atoms with Crippen molar-refractivity contribution < 1.29 is 18.3 Å². The molecule has 4 nitrogen and oxygen atoms in total. The number of para-hydroxylation sites is 1. The summed E-state index contributed by atoms with van der Waals surface area (Å²) in [7, 11) is 1.36. The summed E-state index contributed by atoms with van der Waals surface area (Å²) in [5.41, 5.74) is 5.78. The Morgan fingerprint density at radius 1 is 1.24 bits per heavy atom. The number of hydrogen-bond acceptors (Lipinski definition) is 3. The number of nitrogen functional groups attached to an aromatic ring is 1. The number of carbonyl (C=O) groups excluding carboxylic acids is 1. The van der Waals surface area contributed by atoms with Gasteiger partial charge < -0.3 is 15.8 Å². The monoisotopic (exact) mass is 292 g/mol. The van der Waals surface area contributed by atoms with E-state index in [2.05, 4.69) is 5.32 Å². The highest BCUT2D eigenvalue weighted by Gasteiger charge is 2.19. The lowest BCUT2D eigenvalue weighted by molar-refractivity contribution is 0.102. The molecule has 0 saturated carbocycles. The summed E-state index contributed by atoms with van der Waals surface area (Å²) in [4.78, 5) is 12.2. The zero-order valence-corrected chi connectivity index (χ0v) is 11.5. The molecule has 21 heavy (non-hydrogen) atoms. The Hall–Kier alpha value is -2.63. The predicted octanol–water partition coefficient (Wildman–Crippen LogP) is 3.12. The standard InChI is InChI=1S/C15H14F2N2O2/c1-8-6-7-10(16)13(12(8)17)19-15(20)9-4-3-5-11(18)14(9)21-2/h3-7H,18H2,1-2H3,(H,19,20). The van der Waals surface area contributed by atoms with E-state index in [0.29, 0.717) is 0 Å². The Bertz CT molecular complexity index is 702. The molecule has 1 amide bonds. The summed E-state index contributed by atoms with van der Waals surface area (Å²) in [6.45, 7) is 1.48. The van der Waals surface area contributed by atoms with Gasteiger partial charge in [-0.15, -0.1) is 0 Å². The molecule has 2 aromatic rings. The lowest BCUT2D eigenvalue weighted by Gasteiger charge is -2.12. The number of nitrogens with one attached hydrogen (secondary N) is 1. The van der Waals surface area contributed by atoms with Crippen LogP contribution in [-0.4, -0.2) is 13.0 Å². The summed E-state index contributed by atoms with van der Waals surface area (Å²) < 4.78 is 32.6. The Labute approximate surface area is 120 Å². The Morgan fingerprint density at radius 2 is 1.95 bits per heavy atom. The van der Waals surface area contributed by atoms with Crippen LogP contribution in [0, 0.1) is 18.6 Å². The van der Waals surface area contributed by atoms with E-state index in [1.165, 1.54) is 26.2 Å². The Balaban J connectivity index is 2.40. The third kappa shape index (κ3) is 2.79. The van der Waals surface area contributed by atoms with Crippen molar-refractivity contribution >= 4 is 17.3 Å². The van der Waals surface area contributed by atoms with Crippen LogP contribution in [0.25, 0.3) is 0 Å². The van der Waals surface area contributed by atoms with Gasteiger partial charge in [-0.1, -0.05) is 12.1 Å². The number of ether oxygens (including phenoxy) is 1. The summed E-state index contributed by atoms with van der Waals surface area (Å²) >= 11 is 0. The maximum absolute atomic E-state index is 13.9. The molecule has 0 atom stereocenters. The fourth-order valence-electron chi connectivity index (χ4n) is 1.91. The molecular formula is C15H14F2N2O2. The van der Waals surface area contributed by atoms with Crippen LogP contribution >= 0.6 is 0 Å². The van der Waals surface area contributed by atoms with Gasteiger partial charge in [0.1, 0.15) is 11.5 Å². The van der Waals surface area contributed by atoms with Crippen LogP contribution in [0.4, 0.5) is 20.2 Å². The summed E-state index contributed by atoms with van der Waals surface area (Å²) in [5.74, 6) is -2.22. The number of aryl methyl sites for hydroxylation is 1. The molecule has 0 fully saturated rings. The number of rotatable bonds is 3. The van der Waals surface area contributed by atoms with Crippen LogP contribution < -0.4 is 15.8 Å². The first kappa shape index (κ1) is 14.8. The van der Waals surface area contributed by atoms with E-state index in [4.69, 9.17) is 10.5 Å². The van der Waals surface area contributed by atoms with Gasteiger partial charge in [-0.05, 0) is 30.7 Å². The molecule has 0 radical (unpaired) electrons. The van der Waals surface area contributed by atoms with E-state index in [-0.39, 0.29) is 22.6 Å². The third-order valence-electron chi connectivity index (χ3n) is 3.02. The average Bonchev–Trinajstić information content (AvgIpc) is 2.47. The number of carbonyl (C=O) groups is 1. The minimum atomic E-state index is -0.852. The summed E-state index contributed by atoms with van der Waals surface area (Å²) in [6.07, 6.45) is 0. The van der Waals surface area contributed by atoms with Crippen LogP contribution in [0.5, 0.6) is 5.75 Å². The minimum absolute atomic E-state index is 0.0952. The zero-order valence-electron chi connectivity index (χ0n) is 11.5. The van der Waals surface area contributed by atoms with Gasteiger partial charge >= 0.3 is 0 Å². The van der Waals surface area contributed by atoms with E-state index in [1.54, 1.807) is 12.1 Å². The smallest absolute Gasteiger partial charge is 0.259 e. The molecule has 3 N–H and O–H groups in total. The topological polar surface area (TPSA) is 64.3 Å². The molecule has 0 unspecified atom stereocenters. The Morgan fingerprint density at radius 3 is 2.62 bits per heavy atom. The summed E-state index contributed by atoms with van der Waals surface area (Å²) in [5, 5.41) is 2.21. The number of halogens is 2. The van der Waals surface area contributed by atoms with Crippen molar-refractivity contribution in [2.24, 2.45) is 0 Å². The molecule has 2 rings (SSSR count). The molecule has 0 heterocycles. The van der Waals surface area contributed by atoms with Gasteiger partial charge in [0.05, 0.1) is 18.4 Å². The SMILES string of the molecule is COc1c(N)cccc1C(=O)Nc1c(F)ccc(C)c1F. The number of anilines is 2. The zero-order chi connectivity index (χ0) is 15.6. The van der Waals surface area contributed by atoms with Crippen LogP contribution in [-0.2, 0) is 0 Å². The quantitative estimate of drug-likeness (QED) is 0.854. The first-order valence-corrected chi connectivity index (χ1v) is 6.14. The molecule has 0 bridgehead atoms. The number of benzene rings is 2. The number of hydrogen-bond donors (Lipinski definition) is 2. The number of amides is 1. The molecule has 2 aromatic carbocycles. The van der Waals surface area contributed by atoms with E-state index in [9.17, 15) is 13.6 Å². The largest absolute Gasteiger partial charge is 0.494 e. The lowest BCUT2D eigenvalue weighted by atomic mass is 10.1. The van der Waals surface area contributed by atoms with Crippen LogP contribution in [0.1, 0.15) is 15.9 Å². The first-order valence-electron chi connectivity index (χ1n) is 6.14. The van der Waals surface area contributed by atoms with E-state index in [0.717, 1.165) is 6.07 Å². The van der Waals surface area contributed by atoms with Gasteiger partial charge in [0.25, 0.3) is 5.91 Å². The lowest BCUT2D eigenvalue weighted by Crippen LogP contribution is -2.16. The van der Waals surface area contributed by atoms with Crippen molar-refractivity contribution in [3.8, 4) is 5.75 Å². The predicted molar refractivity (Wildman–Crippen MR) is 76.5 cm³/mol. The molecule has 0 aliphatic rings. The normalized spacial score (nSPS) is 10.3. The van der Waals surface area contributed by atoms with Gasteiger partial charge in [0, 0.05) is 0 Å². The third-order valence-corrected chi connectivity index (χ3v) is 3.02. The molecule has 0 aliphatic heterocycles. The van der Waals surface area contributed by atoms with Crippen molar-refractivity contribution in [2.45, 2.75) is 6.92 Å². The van der Waals surface area contributed by atoms with Crippen molar-refractivity contribution in [2.75, 3.05) is 18.2 Å². The Kier molecular flexibility index (Phi) is 4.07. The molecule has 0 spiro atoms. The first-order chi connectivity index (χ1) is 9.95. The molecule has 0 saturated heterocycles. The fraction of sp³-hybridized carbons (Fsp3) is 0.133. The van der Waals surface area contributed by atoms with Gasteiger partial charge in [-0.25, -0.2) is 8.78 Å². The molecular weight excluding hydrogens is 278 g/mol. The van der Waals surface area contributed by atoms with E-state index < -0.39 is 23.2 Å². The number of nitrogens with two attached hydrogens (primary N) is 1. The highest BCUT2D eigenvalue weighted by Crippen LogP contribution is 2.28. The van der Waals surface area contributed by atoms with E-state index in [1.807, 2.05) is 0 Å². The minimum Gasteiger partial charge on any atom is -0.494 e. The van der Waals surface area contributed by atoms with Crippen molar-refractivity contribution in [3.05, 3.63) is 53.1 Å². The molecule has 0 aromatic heterocycles. The molecule has 6 heteroatoms. The second-order valence-electron chi connectivity index (χ2n) is 4.44. The van der Waals surface area contributed by atoms with Crippen molar-refractivity contribution in [1.29, 1.82) is 0 Å². The van der Waals surface area contributed by atoms with Crippen LogP contribution in [0.3, 0.4) is 0 Å². The second kappa shape index (κ2) is 5.78. The van der Waals surface area contributed by atoms with Gasteiger partial charge in [0.2, 0.25) is 0 Å². The molecule has 0 aliphatic carbocycles. The van der Waals surface area contributed by atoms with E-state index >= 15 is 0 Å². The average molecular weight is 292 g/mol. The van der Waals surface area contributed by atoms with Gasteiger partial charge in [0.15, 0.2) is 11.6 Å². The van der Waals surface area contributed by atoms with Crippen molar-refractivity contribution in [3.63, 3.8) is 0 Å². The fourth-order valence-corrected chi connectivity index (χ4v) is 1.91. The summed E-state index contributed by atoms with van der Waals surface area (Å²) in [6, 6.07) is 6.95. The van der Waals surface area contributed by atoms with Gasteiger partial charge in [-0.2, -0.15) is 0 Å². The van der Waals surface area contributed by atoms with Crippen LogP contribution in [0.15, 0.2) is 30.3 Å².